The largest absolute Gasteiger partial charge is 0.314 e. The van der Waals surface area contributed by atoms with Crippen LogP contribution in [0.15, 0.2) is 36.7 Å². The van der Waals surface area contributed by atoms with Crippen molar-refractivity contribution in [3.05, 3.63) is 48.0 Å². The molecule has 0 aliphatic carbocycles. The van der Waals surface area contributed by atoms with Crippen LogP contribution in [0.25, 0.3) is 5.69 Å². The monoisotopic (exact) mass is 245 g/mol. The van der Waals surface area contributed by atoms with Crippen LogP contribution < -0.4 is 5.32 Å². The summed E-state index contributed by atoms with van der Waals surface area (Å²) in [6.45, 7) is 1.08. The SMILES string of the molecule is Fc1cc(CC2CCCN2)ccc1-n1cccn1. The Kier molecular flexibility index (Phi) is 3.11. The number of benzene rings is 1. The smallest absolute Gasteiger partial charge is 0.149 e. The predicted molar refractivity (Wildman–Crippen MR) is 68.3 cm³/mol. The first-order chi connectivity index (χ1) is 8.83. The van der Waals surface area contributed by atoms with E-state index in [2.05, 4.69) is 10.4 Å². The summed E-state index contributed by atoms with van der Waals surface area (Å²) in [6, 6.07) is 7.69. The number of nitrogens with one attached hydrogen (secondary N) is 1. The second-order valence-corrected chi connectivity index (χ2v) is 4.73. The second-order valence-electron chi connectivity index (χ2n) is 4.73. The molecule has 1 aromatic heterocycles. The Morgan fingerprint density at radius 1 is 1.44 bits per heavy atom. The zero-order chi connectivity index (χ0) is 12.4. The van der Waals surface area contributed by atoms with Gasteiger partial charge in [-0.05, 0) is 49.6 Å². The maximum absolute atomic E-state index is 14.0. The van der Waals surface area contributed by atoms with Crippen LogP contribution in [0.5, 0.6) is 0 Å². The number of aromatic nitrogens is 2. The van der Waals surface area contributed by atoms with Gasteiger partial charge in [-0.15, -0.1) is 0 Å². The van der Waals surface area contributed by atoms with Crippen LogP contribution in [-0.2, 0) is 6.42 Å². The Bertz CT molecular complexity index is 516. The van der Waals surface area contributed by atoms with Gasteiger partial charge in [0.25, 0.3) is 0 Å². The molecule has 1 fully saturated rings. The molecule has 4 heteroatoms. The average molecular weight is 245 g/mol. The highest BCUT2D eigenvalue weighted by Crippen LogP contribution is 2.17. The molecule has 0 bridgehead atoms. The quantitative estimate of drug-likeness (QED) is 0.899. The third kappa shape index (κ3) is 2.29. The van der Waals surface area contributed by atoms with E-state index >= 15 is 0 Å². The van der Waals surface area contributed by atoms with Gasteiger partial charge in [0.1, 0.15) is 11.5 Å². The van der Waals surface area contributed by atoms with Crippen LogP contribution in [0.4, 0.5) is 4.39 Å². The first kappa shape index (κ1) is 11.4. The van der Waals surface area contributed by atoms with Gasteiger partial charge in [0, 0.05) is 18.4 Å². The summed E-state index contributed by atoms with van der Waals surface area (Å²) < 4.78 is 15.6. The van der Waals surface area contributed by atoms with Gasteiger partial charge in [0.2, 0.25) is 0 Å². The molecule has 1 aliphatic rings. The lowest BCUT2D eigenvalue weighted by atomic mass is 10.0. The van der Waals surface area contributed by atoms with Gasteiger partial charge < -0.3 is 5.32 Å². The maximum atomic E-state index is 14.0. The van der Waals surface area contributed by atoms with Crippen LogP contribution in [-0.4, -0.2) is 22.4 Å². The molecule has 18 heavy (non-hydrogen) atoms. The van der Waals surface area contributed by atoms with E-state index in [-0.39, 0.29) is 5.82 Å². The first-order valence-electron chi connectivity index (χ1n) is 6.35. The Labute approximate surface area is 106 Å². The molecule has 3 nitrogen and oxygen atoms in total. The van der Waals surface area contributed by atoms with Crippen LogP contribution >= 0.6 is 0 Å². The summed E-state index contributed by atoms with van der Waals surface area (Å²) in [5, 5.41) is 7.47. The molecule has 2 aromatic rings. The van der Waals surface area contributed by atoms with Gasteiger partial charge >= 0.3 is 0 Å². The van der Waals surface area contributed by atoms with E-state index in [0.29, 0.717) is 11.7 Å². The van der Waals surface area contributed by atoms with Gasteiger partial charge in [0.05, 0.1) is 0 Å². The molecule has 0 spiro atoms. The minimum absolute atomic E-state index is 0.214. The molecule has 1 aliphatic heterocycles. The summed E-state index contributed by atoms with van der Waals surface area (Å²) in [5.41, 5.74) is 1.55. The van der Waals surface area contributed by atoms with Crippen LogP contribution in [0.2, 0.25) is 0 Å². The molecule has 1 unspecified atom stereocenters. The standard InChI is InChI=1S/C14H16FN3/c15-13-10-11(9-12-3-1-6-16-12)4-5-14(13)18-8-2-7-17-18/h2,4-5,7-8,10,12,16H,1,3,6,9H2. The molecule has 1 saturated heterocycles. The molecule has 1 N–H and O–H groups in total. The van der Waals surface area contributed by atoms with E-state index in [4.69, 9.17) is 0 Å². The molecule has 0 amide bonds. The van der Waals surface area contributed by atoms with Gasteiger partial charge in [-0.2, -0.15) is 5.10 Å². The second kappa shape index (κ2) is 4.90. The molecule has 94 valence electrons. The fraction of sp³-hybridized carbons (Fsp3) is 0.357. The fourth-order valence-corrected chi connectivity index (χ4v) is 2.49. The molecule has 0 saturated carbocycles. The lowest BCUT2D eigenvalue weighted by Gasteiger charge is -2.11. The molecular formula is C14H16FN3. The Morgan fingerprint density at radius 2 is 2.39 bits per heavy atom. The van der Waals surface area contributed by atoms with E-state index in [9.17, 15) is 4.39 Å². The molecular weight excluding hydrogens is 229 g/mol. The topological polar surface area (TPSA) is 29.9 Å². The third-order valence-corrected chi connectivity index (χ3v) is 3.41. The zero-order valence-electron chi connectivity index (χ0n) is 10.1. The van der Waals surface area contributed by atoms with Crippen molar-refractivity contribution in [2.45, 2.75) is 25.3 Å². The summed E-state index contributed by atoms with van der Waals surface area (Å²) in [4.78, 5) is 0. The summed E-state index contributed by atoms with van der Waals surface area (Å²) in [7, 11) is 0. The Balaban J connectivity index is 1.80. The molecule has 3 rings (SSSR count). The summed E-state index contributed by atoms with van der Waals surface area (Å²) >= 11 is 0. The van der Waals surface area contributed by atoms with Gasteiger partial charge in [-0.3, -0.25) is 0 Å². The fourth-order valence-electron chi connectivity index (χ4n) is 2.49. The molecule has 2 heterocycles. The van der Waals surface area contributed by atoms with Crippen molar-refractivity contribution in [3.8, 4) is 5.69 Å². The number of hydrogen-bond donors (Lipinski definition) is 1. The van der Waals surface area contributed by atoms with Crippen molar-refractivity contribution in [1.82, 2.24) is 15.1 Å². The number of rotatable bonds is 3. The van der Waals surface area contributed by atoms with E-state index in [0.717, 1.165) is 18.5 Å². The summed E-state index contributed by atoms with van der Waals surface area (Å²) in [6.07, 6.45) is 6.70. The first-order valence-corrected chi connectivity index (χ1v) is 6.35. The Morgan fingerprint density at radius 3 is 3.06 bits per heavy atom. The van der Waals surface area contributed by atoms with E-state index < -0.39 is 0 Å². The highest BCUT2D eigenvalue weighted by Gasteiger charge is 2.15. The van der Waals surface area contributed by atoms with Crippen molar-refractivity contribution in [2.24, 2.45) is 0 Å². The highest BCUT2D eigenvalue weighted by atomic mass is 19.1. The van der Waals surface area contributed by atoms with E-state index in [1.807, 2.05) is 6.07 Å². The predicted octanol–water partition coefficient (Wildman–Crippen LogP) is 2.31. The minimum atomic E-state index is -0.214. The van der Waals surface area contributed by atoms with Gasteiger partial charge in [-0.1, -0.05) is 6.07 Å². The minimum Gasteiger partial charge on any atom is -0.314 e. The van der Waals surface area contributed by atoms with Crippen molar-refractivity contribution in [3.63, 3.8) is 0 Å². The third-order valence-electron chi connectivity index (χ3n) is 3.41. The average Bonchev–Trinajstić information content (AvgIpc) is 3.01. The normalized spacial score (nSPS) is 19.3. The molecule has 1 aromatic carbocycles. The van der Waals surface area contributed by atoms with Crippen LogP contribution in [0.3, 0.4) is 0 Å². The lowest BCUT2D eigenvalue weighted by Crippen LogP contribution is -2.23. The maximum Gasteiger partial charge on any atom is 0.149 e. The Hall–Kier alpha value is -1.68. The van der Waals surface area contributed by atoms with Gasteiger partial charge in [0.15, 0.2) is 0 Å². The van der Waals surface area contributed by atoms with Gasteiger partial charge in [-0.25, -0.2) is 9.07 Å². The molecule has 1 atom stereocenters. The van der Waals surface area contributed by atoms with Crippen molar-refractivity contribution < 1.29 is 4.39 Å². The number of hydrogen-bond acceptors (Lipinski definition) is 2. The lowest BCUT2D eigenvalue weighted by molar-refractivity contribution is 0.587. The highest BCUT2D eigenvalue weighted by molar-refractivity contribution is 5.36. The van der Waals surface area contributed by atoms with Crippen LogP contribution in [0, 0.1) is 5.82 Å². The van der Waals surface area contributed by atoms with Crippen molar-refractivity contribution in [2.75, 3.05) is 6.54 Å². The zero-order valence-corrected chi connectivity index (χ0v) is 10.1. The number of nitrogens with zero attached hydrogens (tertiary/aromatic N) is 2. The number of halogens is 1. The van der Waals surface area contributed by atoms with E-state index in [1.165, 1.54) is 12.8 Å². The van der Waals surface area contributed by atoms with Crippen molar-refractivity contribution in [1.29, 1.82) is 0 Å². The summed E-state index contributed by atoms with van der Waals surface area (Å²) in [5.74, 6) is -0.214. The molecule has 0 radical (unpaired) electrons. The van der Waals surface area contributed by atoms with Crippen LogP contribution in [0.1, 0.15) is 18.4 Å². The van der Waals surface area contributed by atoms with Crippen molar-refractivity contribution >= 4 is 0 Å². The van der Waals surface area contributed by atoms with E-state index in [1.54, 1.807) is 35.3 Å².